The van der Waals surface area contributed by atoms with Crippen molar-refractivity contribution in [2.45, 2.75) is 75.5 Å². The van der Waals surface area contributed by atoms with Gasteiger partial charge in [-0.25, -0.2) is 9.18 Å². The van der Waals surface area contributed by atoms with Crippen LogP contribution in [0.5, 0.6) is 0 Å². The first-order chi connectivity index (χ1) is 17.4. The Hall–Kier alpha value is -1.45. The molecule has 1 saturated carbocycles. The number of hydrogen-bond donors (Lipinski definition) is 3. The number of unbranched alkanes of at least 4 members (excludes halogenated alkanes) is 1. The lowest BCUT2D eigenvalue weighted by Gasteiger charge is -2.43. The fourth-order valence-corrected chi connectivity index (χ4v) is 5.78. The van der Waals surface area contributed by atoms with Crippen LogP contribution < -0.4 is 10.6 Å². The molecule has 9 heteroatoms. The Bertz CT molecular complexity index is 826. The quantitative estimate of drug-likeness (QED) is 0.350. The van der Waals surface area contributed by atoms with E-state index in [-0.39, 0.29) is 42.2 Å². The lowest BCUT2D eigenvalue weighted by Crippen LogP contribution is -2.58. The van der Waals surface area contributed by atoms with Gasteiger partial charge in [0.15, 0.2) is 0 Å². The molecule has 204 valence electrons. The molecule has 1 aliphatic heterocycles. The molecule has 3 atom stereocenters. The van der Waals surface area contributed by atoms with Crippen LogP contribution in [0, 0.1) is 11.7 Å². The summed E-state index contributed by atoms with van der Waals surface area (Å²) in [4.78, 5) is 15.0. The average molecular weight is 528 g/mol. The van der Waals surface area contributed by atoms with Crippen molar-refractivity contribution < 1.29 is 23.8 Å². The van der Waals surface area contributed by atoms with Crippen molar-refractivity contribution in [3.63, 3.8) is 0 Å². The number of hydrogen-bond acceptors (Lipinski definition) is 5. The third-order valence-electron chi connectivity index (χ3n) is 7.58. The van der Waals surface area contributed by atoms with E-state index in [4.69, 9.17) is 21.1 Å². The maximum Gasteiger partial charge on any atom is 0.317 e. The molecule has 3 rings (SSSR count). The monoisotopic (exact) mass is 527 g/mol. The summed E-state index contributed by atoms with van der Waals surface area (Å²) >= 11 is 6.06. The molecule has 0 unspecified atom stereocenters. The first-order valence-corrected chi connectivity index (χ1v) is 13.7. The van der Waals surface area contributed by atoms with Crippen molar-refractivity contribution in [1.29, 1.82) is 0 Å². The summed E-state index contributed by atoms with van der Waals surface area (Å²) in [5.41, 5.74) is -1.53. The number of urea groups is 1. The molecule has 0 aromatic heterocycles. The summed E-state index contributed by atoms with van der Waals surface area (Å²) in [7, 11) is 3.52. The highest BCUT2D eigenvalue weighted by atomic mass is 35.5. The normalized spacial score (nSPS) is 21.7. The zero-order valence-electron chi connectivity index (χ0n) is 21.7. The molecular formula is C27H43ClFN3O4. The number of ether oxygens (including phenoxy) is 2. The SMILES string of the molecule is CNC[C@H](CC1CCCCC1)NC(=O)N1CCO[C@@H]([C@@](O)(CCCCOC)c2cccc(Cl)c2F)C1. The number of carbonyl (C=O) groups excluding carboxylic acids is 1. The number of halogens is 2. The third kappa shape index (κ3) is 7.78. The summed E-state index contributed by atoms with van der Waals surface area (Å²) in [5, 5.41) is 18.2. The molecule has 0 bridgehead atoms. The highest BCUT2D eigenvalue weighted by Gasteiger charge is 2.44. The van der Waals surface area contributed by atoms with E-state index in [9.17, 15) is 9.90 Å². The van der Waals surface area contributed by atoms with Gasteiger partial charge in [0.25, 0.3) is 0 Å². The van der Waals surface area contributed by atoms with Crippen molar-refractivity contribution >= 4 is 17.6 Å². The number of morpholine rings is 1. The Morgan fingerprint density at radius 3 is 2.83 bits per heavy atom. The van der Waals surface area contributed by atoms with Crippen LogP contribution in [0.25, 0.3) is 0 Å². The van der Waals surface area contributed by atoms with E-state index in [0.29, 0.717) is 38.5 Å². The van der Waals surface area contributed by atoms with Gasteiger partial charge in [-0.2, -0.15) is 0 Å². The Morgan fingerprint density at radius 2 is 2.11 bits per heavy atom. The number of likely N-dealkylation sites (N-methyl/N-ethyl adjacent to an activating group) is 1. The van der Waals surface area contributed by atoms with E-state index in [1.54, 1.807) is 24.1 Å². The number of methoxy groups -OCH3 is 1. The smallest absolute Gasteiger partial charge is 0.317 e. The van der Waals surface area contributed by atoms with E-state index < -0.39 is 17.5 Å². The molecule has 1 heterocycles. The topological polar surface area (TPSA) is 83.1 Å². The molecule has 1 aromatic rings. The number of aliphatic hydroxyl groups is 1. The van der Waals surface area contributed by atoms with E-state index in [1.807, 2.05) is 7.05 Å². The Balaban J connectivity index is 1.72. The average Bonchev–Trinajstić information content (AvgIpc) is 2.89. The van der Waals surface area contributed by atoms with Crippen LogP contribution in [0.4, 0.5) is 9.18 Å². The zero-order valence-corrected chi connectivity index (χ0v) is 22.5. The standard InChI is InChI=1S/C27H43ClFN3O4/c1-30-18-21(17-20-9-4-3-5-10-20)31-26(33)32-14-16-36-24(19-32)27(34,13-6-7-15-35-2)22-11-8-12-23(28)25(22)29/h8,11-12,20-21,24,30,34H,3-7,9-10,13-19H2,1-2H3,(H,31,33)/t21-,24+,27+/m0/s1. The van der Waals surface area contributed by atoms with E-state index in [1.165, 1.54) is 38.2 Å². The molecule has 0 spiro atoms. The van der Waals surface area contributed by atoms with Crippen LogP contribution in [-0.2, 0) is 15.1 Å². The molecule has 2 fully saturated rings. The minimum Gasteiger partial charge on any atom is -0.385 e. The van der Waals surface area contributed by atoms with E-state index in [2.05, 4.69) is 10.6 Å². The summed E-state index contributed by atoms with van der Waals surface area (Å²) in [5.74, 6) is -0.0158. The van der Waals surface area contributed by atoms with Gasteiger partial charge >= 0.3 is 6.03 Å². The molecule has 3 N–H and O–H groups in total. The van der Waals surface area contributed by atoms with Gasteiger partial charge in [0, 0.05) is 38.4 Å². The number of carbonyl (C=O) groups is 1. The summed E-state index contributed by atoms with van der Waals surface area (Å²) in [6.45, 7) is 2.08. The van der Waals surface area contributed by atoms with Crippen LogP contribution in [0.15, 0.2) is 18.2 Å². The Morgan fingerprint density at radius 1 is 1.33 bits per heavy atom. The molecule has 7 nitrogen and oxygen atoms in total. The van der Waals surface area contributed by atoms with Gasteiger partial charge in [-0.3, -0.25) is 0 Å². The first-order valence-electron chi connectivity index (χ1n) is 13.4. The van der Waals surface area contributed by atoms with Gasteiger partial charge in [-0.1, -0.05) is 55.8 Å². The van der Waals surface area contributed by atoms with E-state index >= 15 is 4.39 Å². The maximum absolute atomic E-state index is 15.1. The number of benzene rings is 1. The molecule has 2 aliphatic rings. The third-order valence-corrected chi connectivity index (χ3v) is 7.87. The molecule has 1 aromatic carbocycles. The van der Waals surface area contributed by atoms with Crippen LogP contribution in [0.1, 0.15) is 63.4 Å². The minimum atomic E-state index is -1.63. The van der Waals surface area contributed by atoms with Crippen molar-refractivity contribution in [2.24, 2.45) is 5.92 Å². The van der Waals surface area contributed by atoms with Crippen LogP contribution in [0.3, 0.4) is 0 Å². The van der Waals surface area contributed by atoms with Crippen molar-refractivity contribution in [1.82, 2.24) is 15.5 Å². The van der Waals surface area contributed by atoms with Crippen molar-refractivity contribution in [3.8, 4) is 0 Å². The van der Waals surface area contributed by atoms with Gasteiger partial charge in [0.1, 0.15) is 17.5 Å². The lowest BCUT2D eigenvalue weighted by molar-refractivity contribution is -0.147. The maximum atomic E-state index is 15.1. The molecule has 1 saturated heterocycles. The highest BCUT2D eigenvalue weighted by Crippen LogP contribution is 2.37. The van der Waals surface area contributed by atoms with Crippen LogP contribution in [-0.4, -0.2) is 75.2 Å². The molecular weight excluding hydrogens is 485 g/mol. The second kappa shape index (κ2) is 14.5. The first kappa shape index (κ1) is 29.1. The summed E-state index contributed by atoms with van der Waals surface area (Å²) < 4.78 is 26.2. The number of rotatable bonds is 12. The minimum absolute atomic E-state index is 0.0326. The number of nitrogens with zero attached hydrogens (tertiary/aromatic N) is 1. The predicted octanol–water partition coefficient (Wildman–Crippen LogP) is 4.45. The zero-order chi connectivity index (χ0) is 26.0. The van der Waals surface area contributed by atoms with Crippen LogP contribution in [0.2, 0.25) is 5.02 Å². The predicted molar refractivity (Wildman–Crippen MR) is 140 cm³/mol. The summed E-state index contributed by atoms with van der Waals surface area (Å²) in [6.07, 6.45) is 8.02. The Kier molecular flexibility index (Phi) is 11.7. The van der Waals surface area contributed by atoms with Crippen molar-refractivity contribution in [2.75, 3.05) is 47.0 Å². The molecule has 36 heavy (non-hydrogen) atoms. The fourth-order valence-electron chi connectivity index (χ4n) is 5.60. The number of nitrogens with one attached hydrogen (secondary N) is 2. The number of amides is 2. The fraction of sp³-hybridized carbons (Fsp3) is 0.741. The van der Waals surface area contributed by atoms with Gasteiger partial charge < -0.3 is 30.1 Å². The van der Waals surface area contributed by atoms with Crippen LogP contribution >= 0.6 is 11.6 Å². The lowest BCUT2D eigenvalue weighted by atomic mass is 9.82. The van der Waals surface area contributed by atoms with Gasteiger partial charge in [0.05, 0.1) is 18.2 Å². The Labute approximate surface area is 220 Å². The highest BCUT2D eigenvalue weighted by molar-refractivity contribution is 6.30. The second-order valence-corrected chi connectivity index (χ2v) is 10.6. The van der Waals surface area contributed by atoms with E-state index in [0.717, 1.165) is 6.42 Å². The molecule has 1 aliphatic carbocycles. The second-order valence-electron chi connectivity index (χ2n) is 10.2. The molecule has 0 radical (unpaired) electrons. The largest absolute Gasteiger partial charge is 0.385 e. The van der Waals surface area contributed by atoms with Gasteiger partial charge in [0.2, 0.25) is 0 Å². The van der Waals surface area contributed by atoms with Gasteiger partial charge in [-0.15, -0.1) is 0 Å². The van der Waals surface area contributed by atoms with Gasteiger partial charge in [-0.05, 0) is 44.7 Å². The van der Waals surface area contributed by atoms with Crippen molar-refractivity contribution in [3.05, 3.63) is 34.6 Å². The molecule has 2 amide bonds. The summed E-state index contributed by atoms with van der Waals surface area (Å²) in [6, 6.07) is 4.49.